The minimum Gasteiger partial charge on any atom is -0.480 e. The standard InChI is InChI=1S/C18H22ClFN2O3/c1-2-22(9-16(23)24)11-6-10(7-11)21-18(25)13-8-12(13)17-14(19)4-3-5-15(17)20/h3-5,10-13H,2,6-9H2,1H3,(H,21,25)(H,23,24). The van der Waals surface area contributed by atoms with Crippen LogP contribution < -0.4 is 5.32 Å². The number of carboxylic acids is 1. The highest BCUT2D eigenvalue weighted by Gasteiger charge is 2.47. The third-order valence-electron chi connectivity index (χ3n) is 5.22. The van der Waals surface area contributed by atoms with Crippen molar-refractivity contribution in [2.45, 2.75) is 44.2 Å². The zero-order chi connectivity index (χ0) is 18.1. The second kappa shape index (κ2) is 7.30. The van der Waals surface area contributed by atoms with E-state index in [1.165, 1.54) is 6.07 Å². The summed E-state index contributed by atoms with van der Waals surface area (Å²) < 4.78 is 13.9. The Bertz CT molecular complexity index is 658. The largest absolute Gasteiger partial charge is 0.480 e. The SMILES string of the molecule is CCN(CC(=O)O)C1CC(NC(=O)C2CC2c2c(F)cccc2Cl)C1. The topological polar surface area (TPSA) is 69.6 Å². The lowest BCUT2D eigenvalue weighted by Crippen LogP contribution is -2.55. The average molecular weight is 369 g/mol. The van der Waals surface area contributed by atoms with Crippen molar-refractivity contribution in [2.75, 3.05) is 13.1 Å². The summed E-state index contributed by atoms with van der Waals surface area (Å²) in [6.45, 7) is 2.63. The monoisotopic (exact) mass is 368 g/mol. The van der Waals surface area contributed by atoms with E-state index in [2.05, 4.69) is 5.32 Å². The molecule has 0 aliphatic heterocycles. The van der Waals surface area contributed by atoms with Crippen LogP contribution in [0.25, 0.3) is 0 Å². The van der Waals surface area contributed by atoms with Crippen LogP contribution >= 0.6 is 11.6 Å². The van der Waals surface area contributed by atoms with Gasteiger partial charge in [0, 0.05) is 34.5 Å². The van der Waals surface area contributed by atoms with Crippen LogP contribution in [0.4, 0.5) is 4.39 Å². The molecule has 7 heteroatoms. The fourth-order valence-corrected chi connectivity index (χ4v) is 3.96. The highest BCUT2D eigenvalue weighted by Crippen LogP contribution is 2.50. The Morgan fingerprint density at radius 1 is 1.36 bits per heavy atom. The molecule has 1 aromatic carbocycles. The number of hydrogen-bond acceptors (Lipinski definition) is 3. The Morgan fingerprint density at radius 2 is 2.08 bits per heavy atom. The summed E-state index contributed by atoms with van der Waals surface area (Å²) in [5, 5.41) is 12.3. The normalized spacial score (nSPS) is 27.7. The van der Waals surface area contributed by atoms with Gasteiger partial charge in [-0.25, -0.2) is 4.39 Å². The molecule has 3 rings (SSSR count). The summed E-state index contributed by atoms with van der Waals surface area (Å²) in [6, 6.07) is 4.84. The lowest BCUT2D eigenvalue weighted by atomic mass is 9.85. The fourth-order valence-electron chi connectivity index (χ4n) is 3.65. The number of likely N-dealkylation sites (N-methyl/N-ethyl adjacent to an activating group) is 1. The van der Waals surface area contributed by atoms with E-state index in [-0.39, 0.29) is 42.2 Å². The molecule has 0 heterocycles. The van der Waals surface area contributed by atoms with E-state index in [1.807, 2.05) is 11.8 Å². The molecular formula is C18H22ClFN2O3. The van der Waals surface area contributed by atoms with Gasteiger partial charge in [-0.3, -0.25) is 14.5 Å². The van der Waals surface area contributed by atoms with Gasteiger partial charge in [-0.2, -0.15) is 0 Å². The lowest BCUT2D eigenvalue weighted by molar-refractivity contribution is -0.139. The first kappa shape index (κ1) is 18.1. The number of aliphatic carboxylic acids is 1. The maximum Gasteiger partial charge on any atom is 0.317 e. The van der Waals surface area contributed by atoms with Crippen LogP contribution in [0.1, 0.15) is 37.7 Å². The molecule has 25 heavy (non-hydrogen) atoms. The second-order valence-electron chi connectivity index (χ2n) is 6.87. The molecule has 1 aromatic rings. The van der Waals surface area contributed by atoms with Crippen molar-refractivity contribution in [3.63, 3.8) is 0 Å². The van der Waals surface area contributed by atoms with Gasteiger partial charge in [0.1, 0.15) is 5.82 Å². The number of amides is 1. The van der Waals surface area contributed by atoms with E-state index < -0.39 is 5.97 Å². The number of hydrogen-bond donors (Lipinski definition) is 2. The first-order chi connectivity index (χ1) is 11.9. The summed E-state index contributed by atoms with van der Waals surface area (Å²) in [6.07, 6.45) is 2.12. The molecular weight excluding hydrogens is 347 g/mol. The molecule has 2 aliphatic rings. The first-order valence-corrected chi connectivity index (χ1v) is 8.98. The second-order valence-corrected chi connectivity index (χ2v) is 7.28. The predicted molar refractivity (Wildman–Crippen MR) is 92.1 cm³/mol. The van der Waals surface area contributed by atoms with Crippen molar-refractivity contribution in [1.82, 2.24) is 10.2 Å². The molecule has 2 saturated carbocycles. The van der Waals surface area contributed by atoms with Crippen LogP contribution in [0.2, 0.25) is 5.02 Å². The van der Waals surface area contributed by atoms with Gasteiger partial charge < -0.3 is 10.4 Å². The van der Waals surface area contributed by atoms with Gasteiger partial charge in [0.15, 0.2) is 0 Å². The van der Waals surface area contributed by atoms with E-state index >= 15 is 0 Å². The summed E-state index contributed by atoms with van der Waals surface area (Å²) in [4.78, 5) is 25.1. The number of carbonyl (C=O) groups excluding carboxylic acids is 1. The van der Waals surface area contributed by atoms with Crippen molar-refractivity contribution in [1.29, 1.82) is 0 Å². The smallest absolute Gasteiger partial charge is 0.317 e. The van der Waals surface area contributed by atoms with E-state index in [4.69, 9.17) is 16.7 Å². The van der Waals surface area contributed by atoms with E-state index in [1.54, 1.807) is 12.1 Å². The van der Waals surface area contributed by atoms with Crippen LogP contribution in [-0.4, -0.2) is 47.1 Å². The lowest BCUT2D eigenvalue weighted by Gasteiger charge is -2.42. The fraction of sp³-hybridized carbons (Fsp3) is 0.556. The quantitative estimate of drug-likeness (QED) is 0.776. The summed E-state index contributed by atoms with van der Waals surface area (Å²) in [5.74, 6) is -1.63. The van der Waals surface area contributed by atoms with E-state index in [0.717, 1.165) is 12.8 Å². The van der Waals surface area contributed by atoms with Crippen LogP contribution in [0.3, 0.4) is 0 Å². The van der Waals surface area contributed by atoms with Crippen molar-refractivity contribution in [2.24, 2.45) is 5.92 Å². The van der Waals surface area contributed by atoms with Crippen molar-refractivity contribution in [3.8, 4) is 0 Å². The number of rotatable bonds is 7. The Hall–Kier alpha value is -1.66. The third-order valence-corrected chi connectivity index (χ3v) is 5.55. The number of carbonyl (C=O) groups is 2. The van der Waals surface area contributed by atoms with Crippen LogP contribution in [-0.2, 0) is 9.59 Å². The minimum absolute atomic E-state index is 0.0261. The summed E-state index contributed by atoms with van der Waals surface area (Å²) in [7, 11) is 0. The number of nitrogens with one attached hydrogen (secondary N) is 1. The molecule has 2 atom stereocenters. The molecule has 0 spiro atoms. The number of halogens is 2. The van der Waals surface area contributed by atoms with Crippen molar-refractivity contribution < 1.29 is 19.1 Å². The zero-order valence-electron chi connectivity index (χ0n) is 14.0. The Labute approximate surface area is 151 Å². The average Bonchev–Trinajstić information content (AvgIpc) is 3.28. The highest BCUT2D eigenvalue weighted by atomic mass is 35.5. The van der Waals surface area contributed by atoms with E-state index in [9.17, 15) is 14.0 Å². The Morgan fingerprint density at radius 3 is 2.68 bits per heavy atom. The molecule has 2 fully saturated rings. The molecule has 2 aliphatic carbocycles. The minimum atomic E-state index is -0.836. The number of nitrogens with zero attached hydrogens (tertiary/aromatic N) is 1. The van der Waals surface area contributed by atoms with Gasteiger partial charge in [-0.1, -0.05) is 24.6 Å². The number of benzene rings is 1. The van der Waals surface area contributed by atoms with Crippen molar-refractivity contribution >= 4 is 23.5 Å². The maximum atomic E-state index is 13.9. The molecule has 0 aromatic heterocycles. The first-order valence-electron chi connectivity index (χ1n) is 8.60. The Balaban J connectivity index is 1.48. The van der Waals surface area contributed by atoms with Crippen LogP contribution in [0.15, 0.2) is 18.2 Å². The van der Waals surface area contributed by atoms with Crippen molar-refractivity contribution in [3.05, 3.63) is 34.6 Å². The molecule has 5 nitrogen and oxygen atoms in total. The van der Waals surface area contributed by atoms with Crippen LogP contribution in [0.5, 0.6) is 0 Å². The van der Waals surface area contributed by atoms with Gasteiger partial charge in [0.2, 0.25) is 5.91 Å². The molecule has 2 unspecified atom stereocenters. The van der Waals surface area contributed by atoms with Gasteiger partial charge in [-0.15, -0.1) is 0 Å². The molecule has 0 saturated heterocycles. The molecule has 136 valence electrons. The molecule has 0 radical (unpaired) electrons. The highest BCUT2D eigenvalue weighted by molar-refractivity contribution is 6.31. The third kappa shape index (κ3) is 3.96. The van der Waals surface area contributed by atoms with Crippen LogP contribution in [0, 0.1) is 11.7 Å². The molecule has 1 amide bonds. The summed E-state index contributed by atoms with van der Waals surface area (Å²) >= 11 is 6.06. The van der Waals surface area contributed by atoms with E-state index in [0.29, 0.717) is 23.6 Å². The van der Waals surface area contributed by atoms with Gasteiger partial charge in [0.05, 0.1) is 6.54 Å². The molecule has 2 N–H and O–H groups in total. The Kier molecular flexibility index (Phi) is 5.29. The number of carboxylic acid groups (broad SMARTS) is 1. The van der Waals surface area contributed by atoms with Gasteiger partial charge >= 0.3 is 5.97 Å². The summed E-state index contributed by atoms with van der Waals surface area (Å²) in [5.41, 5.74) is 0.439. The maximum absolute atomic E-state index is 13.9. The zero-order valence-corrected chi connectivity index (χ0v) is 14.8. The predicted octanol–water partition coefficient (Wildman–Crippen LogP) is 2.64. The molecule has 0 bridgehead atoms. The van der Waals surface area contributed by atoms with Gasteiger partial charge in [0.25, 0.3) is 0 Å². The van der Waals surface area contributed by atoms with Gasteiger partial charge in [-0.05, 0) is 37.9 Å².